The number of carbonyl (C=O) groups excluding carboxylic acids is 1. The van der Waals surface area contributed by atoms with Crippen LogP contribution in [0.4, 0.5) is 14.9 Å². The largest absolute Gasteiger partial charge is 0.478 e. The van der Waals surface area contributed by atoms with E-state index in [2.05, 4.69) is 16.6 Å². The molecule has 0 saturated carbocycles. The van der Waals surface area contributed by atoms with E-state index >= 15 is 0 Å². The number of amides is 2. The van der Waals surface area contributed by atoms with Crippen molar-refractivity contribution in [3.8, 4) is 12.3 Å². The summed E-state index contributed by atoms with van der Waals surface area (Å²) in [6.45, 7) is 1.81. The summed E-state index contributed by atoms with van der Waals surface area (Å²) in [6, 6.07) is 2.27. The van der Waals surface area contributed by atoms with E-state index in [1.807, 2.05) is 6.92 Å². The topological polar surface area (TPSA) is 78.4 Å². The second kappa shape index (κ2) is 6.40. The minimum absolute atomic E-state index is 0.170. The molecule has 19 heavy (non-hydrogen) atoms. The number of rotatable bonds is 4. The van der Waals surface area contributed by atoms with Crippen molar-refractivity contribution in [2.75, 3.05) is 5.32 Å². The Labute approximate surface area is 109 Å². The Morgan fingerprint density at radius 3 is 2.74 bits per heavy atom. The van der Waals surface area contributed by atoms with Crippen molar-refractivity contribution in [3.05, 3.63) is 29.6 Å². The molecule has 5 nitrogen and oxygen atoms in total. The summed E-state index contributed by atoms with van der Waals surface area (Å²) < 4.78 is 13.1. The zero-order valence-corrected chi connectivity index (χ0v) is 10.2. The fraction of sp³-hybridized carbons (Fsp3) is 0.231. The van der Waals surface area contributed by atoms with Gasteiger partial charge in [0.25, 0.3) is 0 Å². The molecule has 2 amide bonds. The van der Waals surface area contributed by atoms with Crippen LogP contribution in [0, 0.1) is 18.2 Å². The summed E-state index contributed by atoms with van der Waals surface area (Å²) >= 11 is 0. The monoisotopic (exact) mass is 264 g/mol. The Morgan fingerprint density at radius 1 is 1.53 bits per heavy atom. The Hall–Kier alpha value is -2.55. The van der Waals surface area contributed by atoms with Crippen LogP contribution in [0.25, 0.3) is 0 Å². The van der Waals surface area contributed by atoms with Crippen molar-refractivity contribution in [1.82, 2.24) is 5.32 Å². The maximum absolute atomic E-state index is 13.1. The first kappa shape index (κ1) is 14.5. The van der Waals surface area contributed by atoms with Crippen LogP contribution in [0.15, 0.2) is 18.2 Å². The van der Waals surface area contributed by atoms with Gasteiger partial charge in [-0.1, -0.05) is 12.8 Å². The molecule has 1 aromatic carbocycles. The van der Waals surface area contributed by atoms with Gasteiger partial charge in [-0.3, -0.25) is 0 Å². The van der Waals surface area contributed by atoms with E-state index in [1.54, 1.807) is 0 Å². The molecule has 0 bridgehead atoms. The van der Waals surface area contributed by atoms with E-state index in [0.717, 1.165) is 12.1 Å². The first-order valence-electron chi connectivity index (χ1n) is 5.54. The van der Waals surface area contributed by atoms with Crippen molar-refractivity contribution in [2.24, 2.45) is 0 Å². The third kappa shape index (κ3) is 4.00. The summed E-state index contributed by atoms with van der Waals surface area (Å²) in [4.78, 5) is 22.3. The van der Waals surface area contributed by atoms with Gasteiger partial charge in [-0.25, -0.2) is 14.0 Å². The van der Waals surface area contributed by atoms with Gasteiger partial charge >= 0.3 is 12.0 Å². The Kier molecular flexibility index (Phi) is 4.89. The maximum Gasteiger partial charge on any atom is 0.338 e. The van der Waals surface area contributed by atoms with Crippen molar-refractivity contribution < 1.29 is 19.1 Å². The molecule has 3 N–H and O–H groups in total. The summed E-state index contributed by atoms with van der Waals surface area (Å²) in [6.07, 6.45) is 5.75. The second-order valence-electron chi connectivity index (χ2n) is 3.73. The quantitative estimate of drug-likeness (QED) is 0.728. The van der Waals surface area contributed by atoms with Crippen LogP contribution in [0.1, 0.15) is 23.7 Å². The predicted octanol–water partition coefficient (Wildman–Crippen LogP) is 2.06. The van der Waals surface area contributed by atoms with E-state index in [0.29, 0.717) is 6.42 Å². The van der Waals surface area contributed by atoms with E-state index in [4.69, 9.17) is 11.5 Å². The number of terminal acetylenes is 1. The van der Waals surface area contributed by atoms with Gasteiger partial charge in [0.05, 0.1) is 11.6 Å². The lowest BCUT2D eigenvalue weighted by atomic mass is 10.2. The van der Waals surface area contributed by atoms with Crippen molar-refractivity contribution in [2.45, 2.75) is 19.4 Å². The molecule has 6 heteroatoms. The number of carboxylic acids is 1. The van der Waals surface area contributed by atoms with Gasteiger partial charge in [0.15, 0.2) is 0 Å². The SMILES string of the molecule is C#CC(CC)NC(=O)Nc1ccc(F)c(C(=O)O)c1. The molecule has 1 unspecified atom stereocenters. The zero-order valence-electron chi connectivity index (χ0n) is 10.2. The van der Waals surface area contributed by atoms with Gasteiger partial charge in [0, 0.05) is 5.69 Å². The summed E-state index contributed by atoms with van der Waals surface area (Å²) in [5, 5.41) is 13.6. The Morgan fingerprint density at radius 2 is 2.21 bits per heavy atom. The average Bonchev–Trinajstić information content (AvgIpc) is 2.37. The number of hydrogen-bond donors (Lipinski definition) is 3. The molecule has 0 fully saturated rings. The number of halogens is 1. The van der Waals surface area contributed by atoms with E-state index in [1.165, 1.54) is 6.07 Å². The minimum atomic E-state index is -1.41. The zero-order chi connectivity index (χ0) is 14.4. The number of hydrogen-bond acceptors (Lipinski definition) is 2. The fourth-order valence-corrected chi connectivity index (χ4v) is 1.35. The van der Waals surface area contributed by atoms with Crippen LogP contribution in [-0.4, -0.2) is 23.1 Å². The van der Waals surface area contributed by atoms with Gasteiger partial charge in [-0.15, -0.1) is 6.42 Å². The number of nitrogens with one attached hydrogen (secondary N) is 2. The van der Waals surface area contributed by atoms with Gasteiger partial charge in [0.1, 0.15) is 5.82 Å². The number of carbonyl (C=O) groups is 2. The first-order valence-corrected chi connectivity index (χ1v) is 5.54. The fourth-order valence-electron chi connectivity index (χ4n) is 1.35. The number of carboxylic acid groups (broad SMARTS) is 1. The summed E-state index contributed by atoms with van der Waals surface area (Å²) in [7, 11) is 0. The molecule has 0 aliphatic heterocycles. The van der Waals surface area contributed by atoms with Gasteiger partial charge in [0.2, 0.25) is 0 Å². The van der Waals surface area contributed by atoms with Crippen molar-refractivity contribution >= 4 is 17.7 Å². The van der Waals surface area contributed by atoms with Crippen molar-refractivity contribution in [3.63, 3.8) is 0 Å². The third-order valence-electron chi connectivity index (χ3n) is 2.37. The minimum Gasteiger partial charge on any atom is -0.478 e. The smallest absolute Gasteiger partial charge is 0.338 e. The number of anilines is 1. The van der Waals surface area contributed by atoms with Gasteiger partial charge in [-0.05, 0) is 24.6 Å². The molecular formula is C13H13FN2O3. The molecule has 1 aromatic rings. The normalized spacial score (nSPS) is 11.2. The highest BCUT2D eigenvalue weighted by molar-refractivity contribution is 5.93. The lowest BCUT2D eigenvalue weighted by Gasteiger charge is -2.12. The highest BCUT2D eigenvalue weighted by Crippen LogP contribution is 2.14. The van der Waals surface area contributed by atoms with Gasteiger partial charge in [-0.2, -0.15) is 0 Å². The molecule has 100 valence electrons. The summed E-state index contributed by atoms with van der Waals surface area (Å²) in [5.41, 5.74) is -0.343. The molecule has 0 aliphatic rings. The molecule has 0 aromatic heterocycles. The number of urea groups is 1. The van der Waals surface area contributed by atoms with Crippen LogP contribution in [0.2, 0.25) is 0 Å². The Bertz CT molecular complexity index is 537. The van der Waals surface area contributed by atoms with Crippen molar-refractivity contribution in [1.29, 1.82) is 0 Å². The lowest BCUT2D eigenvalue weighted by molar-refractivity contribution is 0.0692. The molecule has 0 heterocycles. The molecule has 0 radical (unpaired) electrons. The maximum atomic E-state index is 13.1. The lowest BCUT2D eigenvalue weighted by Crippen LogP contribution is -2.36. The average molecular weight is 264 g/mol. The Balaban J connectivity index is 2.78. The molecule has 0 saturated heterocycles. The van der Waals surface area contributed by atoms with E-state index in [-0.39, 0.29) is 5.69 Å². The molecule has 0 spiro atoms. The predicted molar refractivity (Wildman–Crippen MR) is 68.4 cm³/mol. The van der Waals surface area contributed by atoms with Gasteiger partial charge < -0.3 is 15.7 Å². The summed E-state index contributed by atoms with van der Waals surface area (Å²) in [5.74, 6) is 0.108. The van der Waals surface area contributed by atoms with Crippen LogP contribution < -0.4 is 10.6 Å². The third-order valence-corrected chi connectivity index (χ3v) is 2.37. The second-order valence-corrected chi connectivity index (χ2v) is 3.73. The number of aromatic carboxylic acids is 1. The first-order chi connectivity index (χ1) is 8.97. The standard InChI is InChI=1S/C13H13FN2O3/c1-3-8(4-2)15-13(19)16-9-5-6-11(14)10(7-9)12(17)18/h1,5-8H,4H2,2H3,(H,17,18)(H2,15,16,19). The van der Waals surface area contributed by atoms with Crippen LogP contribution >= 0.6 is 0 Å². The van der Waals surface area contributed by atoms with Crippen LogP contribution in [0.5, 0.6) is 0 Å². The van der Waals surface area contributed by atoms with E-state index in [9.17, 15) is 14.0 Å². The molecule has 0 aliphatic carbocycles. The molecular weight excluding hydrogens is 251 g/mol. The van der Waals surface area contributed by atoms with Crippen LogP contribution in [0.3, 0.4) is 0 Å². The highest BCUT2D eigenvalue weighted by atomic mass is 19.1. The highest BCUT2D eigenvalue weighted by Gasteiger charge is 2.13. The van der Waals surface area contributed by atoms with E-state index < -0.39 is 29.4 Å². The van der Waals surface area contributed by atoms with Crippen LogP contribution in [-0.2, 0) is 0 Å². The molecule has 1 rings (SSSR count). The number of benzene rings is 1. The molecule has 1 atom stereocenters.